The van der Waals surface area contributed by atoms with Crippen LogP contribution in [0.3, 0.4) is 0 Å². The molecule has 0 aliphatic heterocycles. The summed E-state index contributed by atoms with van der Waals surface area (Å²) >= 11 is 0. The van der Waals surface area contributed by atoms with Crippen LogP contribution in [0.15, 0.2) is 12.1 Å². The number of nitrogen functional groups attached to an aromatic ring is 1. The number of nitrogens with two attached hydrogens (primary N) is 1. The van der Waals surface area contributed by atoms with Gasteiger partial charge in [-0.05, 0) is 17.5 Å². The van der Waals surface area contributed by atoms with E-state index in [4.69, 9.17) is 5.73 Å². The van der Waals surface area contributed by atoms with E-state index in [-0.39, 0.29) is 6.07 Å². The van der Waals surface area contributed by atoms with Crippen molar-refractivity contribution in [3.05, 3.63) is 23.3 Å². The highest BCUT2D eigenvalue weighted by molar-refractivity contribution is 5.65. The van der Waals surface area contributed by atoms with Crippen molar-refractivity contribution in [3.8, 4) is 0 Å². The SMILES string of the molecule is Nc1ccc(N(F)F)c(C(F)(F)F)c1C(F)(F)F. The van der Waals surface area contributed by atoms with Crippen molar-refractivity contribution in [2.24, 2.45) is 0 Å². The third kappa shape index (κ3) is 2.57. The van der Waals surface area contributed by atoms with Crippen LogP contribution in [0, 0.1) is 0 Å². The molecule has 102 valence electrons. The number of hydrogen-bond donors (Lipinski definition) is 1. The Morgan fingerprint density at radius 3 is 1.61 bits per heavy atom. The van der Waals surface area contributed by atoms with E-state index in [9.17, 15) is 35.3 Å². The predicted octanol–water partition coefficient (Wildman–Crippen LogP) is 3.88. The maximum atomic E-state index is 12.5. The summed E-state index contributed by atoms with van der Waals surface area (Å²) in [6.07, 6.45) is -11.1. The van der Waals surface area contributed by atoms with Crippen LogP contribution >= 0.6 is 0 Å². The summed E-state index contributed by atoms with van der Waals surface area (Å²) in [6, 6.07) is 0.493. The lowest BCUT2D eigenvalue weighted by atomic mass is 10.0. The first-order chi connectivity index (χ1) is 7.96. The van der Waals surface area contributed by atoms with Gasteiger partial charge in [-0.2, -0.15) is 26.3 Å². The van der Waals surface area contributed by atoms with Crippen molar-refractivity contribution in [1.82, 2.24) is 0 Å². The molecular formula is C8H4F8N2. The lowest BCUT2D eigenvalue weighted by Gasteiger charge is -2.20. The zero-order chi connectivity index (χ0) is 14.3. The van der Waals surface area contributed by atoms with Gasteiger partial charge >= 0.3 is 12.4 Å². The molecule has 0 saturated heterocycles. The van der Waals surface area contributed by atoms with Gasteiger partial charge in [-0.1, -0.05) is 8.96 Å². The van der Waals surface area contributed by atoms with Gasteiger partial charge in [-0.3, -0.25) is 0 Å². The molecule has 0 amide bonds. The second-order valence-electron chi connectivity index (χ2n) is 3.15. The molecular weight excluding hydrogens is 276 g/mol. The number of alkyl halides is 6. The summed E-state index contributed by atoms with van der Waals surface area (Å²) < 4.78 is 99.1. The first kappa shape index (κ1) is 14.3. The molecule has 0 fully saturated rings. The molecule has 10 heteroatoms. The minimum atomic E-state index is -5.62. The molecule has 0 radical (unpaired) electrons. The van der Waals surface area contributed by atoms with Gasteiger partial charge < -0.3 is 5.73 Å². The highest BCUT2D eigenvalue weighted by Gasteiger charge is 2.47. The Labute approximate surface area is 94.5 Å². The molecule has 0 unspecified atom stereocenters. The first-order valence-corrected chi connectivity index (χ1v) is 4.14. The molecule has 0 aliphatic carbocycles. The lowest BCUT2D eigenvalue weighted by molar-refractivity contribution is -0.161. The van der Waals surface area contributed by atoms with Gasteiger partial charge in [0, 0.05) is 5.69 Å². The smallest absolute Gasteiger partial charge is 0.398 e. The molecule has 0 atom stereocenters. The fourth-order valence-electron chi connectivity index (χ4n) is 1.34. The molecule has 0 heterocycles. The Balaban J connectivity index is 3.73. The van der Waals surface area contributed by atoms with Crippen molar-refractivity contribution in [1.29, 1.82) is 0 Å². The van der Waals surface area contributed by atoms with Gasteiger partial charge in [0.2, 0.25) is 0 Å². The van der Waals surface area contributed by atoms with E-state index < -0.39 is 40.2 Å². The van der Waals surface area contributed by atoms with E-state index >= 15 is 0 Å². The monoisotopic (exact) mass is 280 g/mol. The minimum Gasteiger partial charge on any atom is -0.398 e. The molecule has 0 bridgehead atoms. The van der Waals surface area contributed by atoms with E-state index in [1.165, 1.54) is 0 Å². The van der Waals surface area contributed by atoms with E-state index in [0.29, 0.717) is 6.07 Å². The average Bonchev–Trinajstić information content (AvgIpc) is 2.13. The Morgan fingerprint density at radius 1 is 0.833 bits per heavy atom. The van der Waals surface area contributed by atoms with E-state index in [2.05, 4.69) is 0 Å². The molecule has 1 rings (SSSR count). The van der Waals surface area contributed by atoms with Crippen LogP contribution in [0.5, 0.6) is 0 Å². The standard InChI is InChI=1S/C8H4F8N2/c9-7(10,11)5-3(17)1-2-4(18(15)16)6(5)8(12,13)14/h1-2H,17H2. The normalized spacial score (nSPS) is 12.7. The number of nitrogens with zero attached hydrogens (tertiary/aromatic N) is 1. The second-order valence-corrected chi connectivity index (χ2v) is 3.15. The van der Waals surface area contributed by atoms with Crippen molar-refractivity contribution in [2.45, 2.75) is 12.4 Å². The molecule has 1 aromatic carbocycles. The highest BCUT2D eigenvalue weighted by atomic mass is 19.4. The van der Waals surface area contributed by atoms with Gasteiger partial charge in [-0.15, -0.1) is 0 Å². The van der Waals surface area contributed by atoms with Gasteiger partial charge in [0.15, 0.2) is 0 Å². The lowest BCUT2D eigenvalue weighted by Crippen LogP contribution is -2.21. The van der Waals surface area contributed by atoms with E-state index in [0.717, 1.165) is 0 Å². The predicted molar refractivity (Wildman–Crippen MR) is 45.6 cm³/mol. The van der Waals surface area contributed by atoms with Gasteiger partial charge in [0.05, 0.1) is 11.1 Å². The van der Waals surface area contributed by atoms with E-state index in [1.54, 1.807) is 0 Å². The number of benzene rings is 1. The second kappa shape index (κ2) is 4.18. The van der Waals surface area contributed by atoms with Crippen LogP contribution in [-0.2, 0) is 12.4 Å². The molecule has 0 aliphatic rings. The van der Waals surface area contributed by atoms with Crippen molar-refractivity contribution < 1.29 is 35.3 Å². The fraction of sp³-hybridized carbons (Fsp3) is 0.250. The van der Waals surface area contributed by atoms with Gasteiger partial charge in [0.25, 0.3) is 0 Å². The molecule has 0 saturated carbocycles. The van der Waals surface area contributed by atoms with Crippen LogP contribution in [0.4, 0.5) is 46.7 Å². The quantitative estimate of drug-likeness (QED) is 0.480. The van der Waals surface area contributed by atoms with E-state index in [1.807, 2.05) is 0 Å². The summed E-state index contributed by atoms with van der Waals surface area (Å²) in [5, 5.41) is -2.04. The summed E-state index contributed by atoms with van der Waals surface area (Å²) in [5.41, 5.74) is -3.24. The van der Waals surface area contributed by atoms with Crippen molar-refractivity contribution >= 4 is 11.4 Å². The zero-order valence-corrected chi connectivity index (χ0v) is 8.20. The number of anilines is 2. The molecule has 18 heavy (non-hydrogen) atoms. The first-order valence-electron chi connectivity index (χ1n) is 4.14. The molecule has 2 nitrogen and oxygen atoms in total. The number of halogens is 8. The van der Waals surface area contributed by atoms with Crippen LogP contribution < -0.4 is 11.1 Å². The summed E-state index contributed by atoms with van der Waals surface area (Å²) in [6.45, 7) is 0. The molecule has 0 spiro atoms. The summed E-state index contributed by atoms with van der Waals surface area (Å²) in [7, 11) is 0. The Hall–Kier alpha value is -1.74. The molecule has 1 aromatic rings. The minimum absolute atomic E-state index is 0.160. The van der Waals surface area contributed by atoms with Crippen LogP contribution in [0.1, 0.15) is 11.1 Å². The topological polar surface area (TPSA) is 29.3 Å². The zero-order valence-electron chi connectivity index (χ0n) is 8.20. The Bertz CT molecular complexity index is 448. The third-order valence-electron chi connectivity index (χ3n) is 1.96. The molecule has 0 aromatic heterocycles. The fourth-order valence-corrected chi connectivity index (χ4v) is 1.34. The highest BCUT2D eigenvalue weighted by Crippen LogP contribution is 2.47. The Kier molecular flexibility index (Phi) is 3.32. The molecule has 2 N–H and O–H groups in total. The van der Waals surface area contributed by atoms with Crippen LogP contribution in [-0.4, -0.2) is 0 Å². The summed E-state index contributed by atoms with van der Waals surface area (Å²) in [4.78, 5) is 0. The van der Waals surface area contributed by atoms with Gasteiger partial charge in [-0.25, -0.2) is 0 Å². The number of rotatable bonds is 1. The third-order valence-corrected chi connectivity index (χ3v) is 1.96. The Morgan fingerprint density at radius 2 is 1.28 bits per heavy atom. The van der Waals surface area contributed by atoms with Gasteiger partial charge in [0.1, 0.15) is 5.69 Å². The van der Waals surface area contributed by atoms with Crippen LogP contribution in [0.2, 0.25) is 0 Å². The number of hydrogen-bond acceptors (Lipinski definition) is 2. The maximum absolute atomic E-state index is 12.5. The van der Waals surface area contributed by atoms with Crippen molar-refractivity contribution in [2.75, 3.05) is 11.1 Å². The summed E-state index contributed by atoms with van der Waals surface area (Å²) in [5.74, 6) is 0. The van der Waals surface area contributed by atoms with Crippen LogP contribution in [0.25, 0.3) is 0 Å². The average molecular weight is 280 g/mol. The largest absolute Gasteiger partial charge is 0.419 e. The van der Waals surface area contributed by atoms with Crippen molar-refractivity contribution in [3.63, 3.8) is 0 Å². The maximum Gasteiger partial charge on any atom is 0.419 e.